The predicted octanol–water partition coefficient (Wildman–Crippen LogP) is 5.97. The third-order valence-electron chi connectivity index (χ3n) is 9.18. The van der Waals surface area contributed by atoms with Crippen molar-refractivity contribution >= 4 is 51.3 Å². The normalized spacial score (nSPS) is 20.5. The van der Waals surface area contributed by atoms with E-state index in [1.54, 1.807) is 0 Å². The van der Waals surface area contributed by atoms with E-state index in [1.165, 1.54) is 4.90 Å². The van der Waals surface area contributed by atoms with Crippen LogP contribution in [0.4, 0.5) is 15.8 Å². The Balaban J connectivity index is 1.39. The van der Waals surface area contributed by atoms with Gasteiger partial charge in [0.25, 0.3) is 5.91 Å². The minimum absolute atomic E-state index is 0.255. The van der Waals surface area contributed by atoms with Gasteiger partial charge in [0.1, 0.15) is 18.2 Å². The molecule has 11 heteroatoms. The van der Waals surface area contributed by atoms with Gasteiger partial charge in [0.2, 0.25) is 5.88 Å². The number of likely N-dealkylation sites (N-methyl/N-ethyl adjacent to an activating group) is 1. The zero-order valence-electron chi connectivity index (χ0n) is 25.0. The summed E-state index contributed by atoms with van der Waals surface area (Å²) >= 11 is 13.2. The van der Waals surface area contributed by atoms with Crippen LogP contribution in [0, 0.1) is 11.3 Å². The molecule has 0 bridgehead atoms. The summed E-state index contributed by atoms with van der Waals surface area (Å²) in [5.74, 6) is -1.33. The van der Waals surface area contributed by atoms with Gasteiger partial charge in [0.05, 0.1) is 28.0 Å². The lowest BCUT2D eigenvalue weighted by Gasteiger charge is -2.42. The average molecular weight is 638 g/mol. The van der Waals surface area contributed by atoms with Crippen molar-refractivity contribution in [3.05, 3.63) is 69.6 Å². The highest BCUT2D eigenvalue weighted by Crippen LogP contribution is 2.42. The van der Waals surface area contributed by atoms with Crippen molar-refractivity contribution in [2.45, 2.75) is 44.8 Å². The first-order valence-electron chi connectivity index (χ1n) is 15.0. The number of piperazine rings is 1. The number of amides is 1. The van der Waals surface area contributed by atoms with Gasteiger partial charge >= 0.3 is 0 Å². The Labute approximate surface area is 267 Å². The minimum atomic E-state index is -0.966. The van der Waals surface area contributed by atoms with Crippen LogP contribution >= 0.6 is 23.2 Å². The van der Waals surface area contributed by atoms with Gasteiger partial charge in [0, 0.05) is 54.9 Å². The van der Waals surface area contributed by atoms with E-state index in [2.05, 4.69) is 34.4 Å². The maximum Gasteiger partial charge on any atom is 0.282 e. The second-order valence-electron chi connectivity index (χ2n) is 11.9. The number of rotatable bonds is 6. The van der Waals surface area contributed by atoms with Gasteiger partial charge in [0.15, 0.2) is 5.83 Å². The van der Waals surface area contributed by atoms with Crippen LogP contribution in [-0.2, 0) is 17.8 Å². The van der Waals surface area contributed by atoms with Crippen LogP contribution in [0.15, 0.2) is 42.7 Å². The average Bonchev–Trinajstić information content (AvgIpc) is 3.44. The first-order valence-corrected chi connectivity index (χ1v) is 15.7. The third-order valence-corrected chi connectivity index (χ3v) is 9.98. The lowest BCUT2D eigenvalue weighted by molar-refractivity contribution is -0.131. The Morgan fingerprint density at radius 2 is 2.00 bits per heavy atom. The first-order chi connectivity index (χ1) is 21.2. The molecule has 0 saturated carbocycles. The highest BCUT2D eigenvalue weighted by atomic mass is 35.5. The molecule has 3 aliphatic heterocycles. The molecule has 2 fully saturated rings. The van der Waals surface area contributed by atoms with E-state index in [4.69, 9.17) is 32.9 Å². The Kier molecular flexibility index (Phi) is 8.60. The zero-order valence-corrected chi connectivity index (χ0v) is 26.5. The summed E-state index contributed by atoms with van der Waals surface area (Å²) in [5.41, 5.74) is 3.99. The first kappa shape index (κ1) is 30.4. The molecule has 1 aromatic heterocycles. The third kappa shape index (κ3) is 5.55. The monoisotopic (exact) mass is 636 g/mol. The van der Waals surface area contributed by atoms with Crippen molar-refractivity contribution < 1.29 is 13.9 Å². The standard InChI is InChI=1S/C33H35Cl2FN6O2/c1-20-17-41(14-15-42(20)33(43)21(2)36)31-24-11-13-40(28-8-4-6-22-9-10-26(34)30(35)29(22)28)18-27(24)38-32(25(31)16-37)44-19-23-7-5-12-39(23)3/h4,6,8-10,20,23H,2,5,7,11-15,17-19H2,1,3H3/t20-,23-/m0/s1. The Hall–Kier alpha value is -3.58. The quantitative estimate of drug-likeness (QED) is 0.309. The number of hydrogen-bond acceptors (Lipinski definition) is 7. The Bertz CT molecular complexity index is 1680. The van der Waals surface area contributed by atoms with Crippen LogP contribution in [-0.4, -0.2) is 79.2 Å². The molecular formula is C33H35Cl2FN6O2. The van der Waals surface area contributed by atoms with Gasteiger partial charge in [-0.2, -0.15) is 5.26 Å². The van der Waals surface area contributed by atoms with Gasteiger partial charge < -0.3 is 24.3 Å². The molecule has 8 nitrogen and oxygen atoms in total. The van der Waals surface area contributed by atoms with Crippen LogP contribution in [0.2, 0.25) is 10.0 Å². The van der Waals surface area contributed by atoms with Crippen LogP contribution in [0.3, 0.4) is 0 Å². The van der Waals surface area contributed by atoms with Crippen LogP contribution in [0.25, 0.3) is 10.8 Å². The molecule has 6 rings (SSSR count). The van der Waals surface area contributed by atoms with E-state index in [0.29, 0.717) is 67.2 Å². The number of fused-ring (bicyclic) bond motifs is 2. The number of likely N-dealkylation sites (tertiary alicyclic amines) is 1. The SMILES string of the molecule is C=C(F)C(=O)N1CCN(c2c(C#N)c(OC[C@@H]3CCCN3C)nc3c2CCN(c2cccc4ccc(Cl)c(Cl)c24)C3)C[C@@H]1C. The molecule has 44 heavy (non-hydrogen) atoms. The number of anilines is 2. The fourth-order valence-electron chi connectivity index (χ4n) is 6.83. The molecule has 2 saturated heterocycles. The highest BCUT2D eigenvalue weighted by molar-refractivity contribution is 6.46. The van der Waals surface area contributed by atoms with E-state index in [1.807, 2.05) is 37.3 Å². The number of carbonyl (C=O) groups is 1. The summed E-state index contributed by atoms with van der Waals surface area (Å²) in [6, 6.07) is 12.2. The lowest BCUT2D eigenvalue weighted by Crippen LogP contribution is -2.54. The number of aromatic nitrogens is 1. The van der Waals surface area contributed by atoms with Crippen molar-refractivity contribution in [2.24, 2.45) is 0 Å². The highest BCUT2D eigenvalue weighted by Gasteiger charge is 2.35. The molecule has 0 aliphatic carbocycles. The van der Waals surface area contributed by atoms with Crippen LogP contribution < -0.4 is 14.5 Å². The van der Waals surface area contributed by atoms with Crippen molar-refractivity contribution in [1.29, 1.82) is 5.26 Å². The molecule has 0 unspecified atom stereocenters. The summed E-state index contributed by atoms with van der Waals surface area (Å²) in [4.78, 5) is 25.6. The van der Waals surface area contributed by atoms with Gasteiger partial charge in [-0.3, -0.25) is 4.79 Å². The van der Waals surface area contributed by atoms with Crippen molar-refractivity contribution in [3.63, 3.8) is 0 Å². The maximum absolute atomic E-state index is 13.7. The molecule has 1 amide bonds. The van der Waals surface area contributed by atoms with Crippen molar-refractivity contribution in [1.82, 2.24) is 14.8 Å². The Morgan fingerprint density at radius 3 is 2.70 bits per heavy atom. The van der Waals surface area contributed by atoms with E-state index in [0.717, 1.165) is 52.8 Å². The molecule has 3 aromatic rings. The molecule has 2 aromatic carbocycles. The number of nitrogens with zero attached hydrogens (tertiary/aromatic N) is 6. The summed E-state index contributed by atoms with van der Waals surface area (Å²) in [6.45, 7) is 8.90. The molecule has 0 N–H and O–H groups in total. The van der Waals surface area contributed by atoms with Crippen LogP contribution in [0.1, 0.15) is 36.6 Å². The number of benzene rings is 2. The number of halogens is 3. The molecule has 0 spiro atoms. The Morgan fingerprint density at radius 1 is 1.18 bits per heavy atom. The van der Waals surface area contributed by atoms with Gasteiger partial charge in [-0.1, -0.05) is 48.0 Å². The number of pyridine rings is 1. The smallest absolute Gasteiger partial charge is 0.282 e. The van der Waals surface area contributed by atoms with E-state index in [9.17, 15) is 14.4 Å². The van der Waals surface area contributed by atoms with Crippen molar-refractivity contribution in [3.8, 4) is 11.9 Å². The molecule has 230 valence electrons. The van der Waals surface area contributed by atoms with E-state index < -0.39 is 11.7 Å². The number of nitriles is 1. The van der Waals surface area contributed by atoms with Gasteiger partial charge in [-0.05, 0) is 57.3 Å². The summed E-state index contributed by atoms with van der Waals surface area (Å²) < 4.78 is 20.1. The van der Waals surface area contributed by atoms with Crippen LogP contribution in [0.5, 0.6) is 5.88 Å². The van der Waals surface area contributed by atoms with Gasteiger partial charge in [-0.15, -0.1) is 0 Å². The van der Waals surface area contributed by atoms with E-state index >= 15 is 0 Å². The summed E-state index contributed by atoms with van der Waals surface area (Å²) in [7, 11) is 2.09. The number of ether oxygens (including phenoxy) is 1. The molecule has 3 aliphatic rings. The predicted molar refractivity (Wildman–Crippen MR) is 172 cm³/mol. The zero-order chi connectivity index (χ0) is 31.1. The number of hydrogen-bond donors (Lipinski definition) is 0. The second kappa shape index (κ2) is 12.4. The minimum Gasteiger partial charge on any atom is -0.475 e. The summed E-state index contributed by atoms with van der Waals surface area (Å²) in [5, 5.41) is 13.4. The fourth-order valence-corrected chi connectivity index (χ4v) is 7.26. The second-order valence-corrected chi connectivity index (χ2v) is 12.7. The fraction of sp³-hybridized carbons (Fsp3) is 0.424. The molecular weight excluding hydrogens is 602 g/mol. The molecule has 2 atom stereocenters. The largest absolute Gasteiger partial charge is 0.475 e. The van der Waals surface area contributed by atoms with E-state index in [-0.39, 0.29) is 12.1 Å². The topological polar surface area (TPSA) is 75.9 Å². The summed E-state index contributed by atoms with van der Waals surface area (Å²) in [6.07, 6.45) is 2.78. The number of carbonyl (C=O) groups excluding carboxylic acids is 1. The lowest BCUT2D eigenvalue weighted by atomic mass is 9.96. The maximum atomic E-state index is 13.7. The molecule has 4 heterocycles. The van der Waals surface area contributed by atoms with Crippen molar-refractivity contribution in [2.75, 3.05) is 56.2 Å². The van der Waals surface area contributed by atoms with Gasteiger partial charge in [-0.25, -0.2) is 9.37 Å². The molecule has 0 radical (unpaired) electrons.